The Kier molecular flexibility index (Phi) is 6.25. The first-order valence-electron chi connectivity index (χ1n) is 11.0. The fraction of sp³-hybridized carbons (Fsp3) is 0.333. The molecule has 34 heavy (non-hydrogen) atoms. The van der Waals surface area contributed by atoms with Crippen LogP contribution < -0.4 is 19.9 Å². The van der Waals surface area contributed by atoms with E-state index in [1.165, 1.54) is 0 Å². The Hall–Kier alpha value is -3.92. The van der Waals surface area contributed by atoms with Crippen molar-refractivity contribution in [2.45, 2.75) is 39.2 Å². The summed E-state index contributed by atoms with van der Waals surface area (Å²) >= 11 is 0. The van der Waals surface area contributed by atoms with Gasteiger partial charge in [-0.2, -0.15) is 5.26 Å². The van der Waals surface area contributed by atoms with E-state index in [1.807, 2.05) is 50.2 Å². The van der Waals surface area contributed by atoms with Gasteiger partial charge in [0.15, 0.2) is 5.78 Å². The Bertz CT molecular complexity index is 1240. The Balaban J connectivity index is 1.73. The molecule has 0 aromatic heterocycles. The third-order valence-electron chi connectivity index (χ3n) is 6.15. The molecular weight excluding hydrogens is 432 g/mol. The van der Waals surface area contributed by atoms with Gasteiger partial charge in [-0.15, -0.1) is 0 Å². The number of hydrogen-bond acceptors (Lipinski definition) is 7. The number of Topliss-reactive ketones (excluding diaryl/α,β-unsaturated/α-hetero) is 1. The molecule has 7 nitrogen and oxygen atoms in total. The van der Waals surface area contributed by atoms with Gasteiger partial charge in [0.1, 0.15) is 41.3 Å². The van der Waals surface area contributed by atoms with Crippen LogP contribution in [0, 0.1) is 16.7 Å². The second kappa shape index (κ2) is 9.14. The average Bonchev–Trinajstić information content (AvgIpc) is 2.81. The molecule has 7 heteroatoms. The van der Waals surface area contributed by atoms with E-state index in [4.69, 9.17) is 24.7 Å². The molecule has 0 radical (unpaired) electrons. The number of methoxy groups -OCH3 is 2. The number of benzene rings is 2. The van der Waals surface area contributed by atoms with Crippen LogP contribution in [0.15, 0.2) is 65.3 Å². The fourth-order valence-corrected chi connectivity index (χ4v) is 4.56. The molecule has 2 N–H and O–H groups in total. The highest BCUT2D eigenvalue weighted by Crippen LogP contribution is 2.48. The predicted molar refractivity (Wildman–Crippen MR) is 126 cm³/mol. The van der Waals surface area contributed by atoms with Gasteiger partial charge in [-0.25, -0.2) is 0 Å². The Labute approximate surface area is 199 Å². The second-order valence-corrected chi connectivity index (χ2v) is 9.24. The second-order valence-electron chi connectivity index (χ2n) is 9.24. The van der Waals surface area contributed by atoms with Crippen LogP contribution in [0.25, 0.3) is 0 Å². The first-order valence-corrected chi connectivity index (χ1v) is 11.0. The third-order valence-corrected chi connectivity index (χ3v) is 6.15. The Morgan fingerprint density at radius 3 is 2.59 bits per heavy atom. The predicted octanol–water partition coefficient (Wildman–Crippen LogP) is 4.73. The molecule has 176 valence electrons. The quantitative estimate of drug-likeness (QED) is 0.664. The fourth-order valence-electron chi connectivity index (χ4n) is 4.56. The summed E-state index contributed by atoms with van der Waals surface area (Å²) in [5.74, 6) is 1.95. The molecular formula is C27H28N2O5. The van der Waals surface area contributed by atoms with Crippen LogP contribution in [0.1, 0.15) is 43.7 Å². The molecule has 1 atom stereocenters. The SMILES string of the molecule is COc1cccc(OCc2cc([C@H]3C(C#N)=C(N)OC4=C3C(=O)CC(C)(C)C4)ccc2OC)c1. The Morgan fingerprint density at radius 2 is 1.88 bits per heavy atom. The topological polar surface area (TPSA) is 104 Å². The van der Waals surface area contributed by atoms with E-state index in [1.54, 1.807) is 20.3 Å². The summed E-state index contributed by atoms with van der Waals surface area (Å²) in [6.07, 6.45) is 0.957. The van der Waals surface area contributed by atoms with Crippen molar-refractivity contribution in [3.05, 3.63) is 76.4 Å². The van der Waals surface area contributed by atoms with E-state index in [0.717, 1.165) is 11.1 Å². The standard InChI is InChI=1S/C27H28N2O5/c1-27(2)12-21(30)25-23(13-27)34-26(29)20(14-28)24(25)16-8-9-22(32-4)17(10-16)15-33-19-7-5-6-18(11-19)31-3/h5-11,24H,12-13,15,29H2,1-4H3/t24-/m0/s1. The van der Waals surface area contributed by atoms with Crippen LogP contribution in [0.4, 0.5) is 0 Å². The molecule has 0 spiro atoms. The van der Waals surface area contributed by atoms with E-state index in [9.17, 15) is 10.1 Å². The van der Waals surface area contributed by atoms with Gasteiger partial charge in [-0.1, -0.05) is 26.0 Å². The van der Waals surface area contributed by atoms with Crippen molar-refractivity contribution in [1.82, 2.24) is 0 Å². The lowest BCUT2D eigenvalue weighted by Crippen LogP contribution is -2.33. The minimum absolute atomic E-state index is 0.0264. The van der Waals surface area contributed by atoms with E-state index < -0.39 is 5.92 Å². The van der Waals surface area contributed by atoms with Crippen molar-refractivity contribution < 1.29 is 23.7 Å². The average molecular weight is 461 g/mol. The van der Waals surface area contributed by atoms with Gasteiger partial charge in [-0.3, -0.25) is 4.79 Å². The number of carbonyl (C=O) groups is 1. The molecule has 2 aromatic rings. The highest BCUT2D eigenvalue weighted by Gasteiger charge is 2.43. The van der Waals surface area contributed by atoms with Gasteiger partial charge in [0.2, 0.25) is 5.88 Å². The number of carbonyl (C=O) groups excluding carboxylic acids is 1. The number of ketones is 1. The Morgan fingerprint density at radius 1 is 1.12 bits per heavy atom. The number of rotatable bonds is 6. The monoisotopic (exact) mass is 460 g/mol. The van der Waals surface area contributed by atoms with E-state index >= 15 is 0 Å². The molecule has 2 aliphatic rings. The summed E-state index contributed by atoms with van der Waals surface area (Å²) in [4.78, 5) is 13.2. The molecule has 1 aliphatic carbocycles. The van der Waals surface area contributed by atoms with Gasteiger partial charge in [-0.05, 0) is 35.2 Å². The van der Waals surface area contributed by atoms with Crippen LogP contribution in [-0.4, -0.2) is 20.0 Å². The number of ether oxygens (including phenoxy) is 4. The molecule has 1 aliphatic heterocycles. The van der Waals surface area contributed by atoms with Gasteiger partial charge < -0.3 is 24.7 Å². The van der Waals surface area contributed by atoms with Crippen molar-refractivity contribution in [2.24, 2.45) is 11.1 Å². The molecule has 2 aromatic carbocycles. The lowest BCUT2D eigenvalue weighted by atomic mass is 9.70. The first-order chi connectivity index (χ1) is 16.3. The summed E-state index contributed by atoms with van der Waals surface area (Å²) < 4.78 is 22.6. The molecule has 0 amide bonds. The van der Waals surface area contributed by atoms with Gasteiger partial charge >= 0.3 is 0 Å². The molecule has 0 saturated carbocycles. The van der Waals surface area contributed by atoms with Crippen molar-refractivity contribution in [3.8, 4) is 23.3 Å². The lowest BCUT2D eigenvalue weighted by molar-refractivity contribution is -0.119. The summed E-state index contributed by atoms with van der Waals surface area (Å²) in [5.41, 5.74) is 8.18. The highest BCUT2D eigenvalue weighted by molar-refractivity contribution is 6.00. The third kappa shape index (κ3) is 4.44. The van der Waals surface area contributed by atoms with Gasteiger partial charge in [0, 0.05) is 30.0 Å². The maximum atomic E-state index is 13.2. The zero-order valence-electron chi connectivity index (χ0n) is 19.8. The molecule has 0 unspecified atom stereocenters. The molecule has 0 saturated heterocycles. The molecule has 4 rings (SSSR count). The van der Waals surface area contributed by atoms with Gasteiger partial charge in [0.05, 0.1) is 20.1 Å². The smallest absolute Gasteiger partial charge is 0.205 e. The normalized spacial score (nSPS) is 19.1. The van der Waals surface area contributed by atoms with Crippen molar-refractivity contribution in [3.63, 3.8) is 0 Å². The molecule has 0 fully saturated rings. The highest BCUT2D eigenvalue weighted by atomic mass is 16.5. The maximum absolute atomic E-state index is 13.2. The van der Waals surface area contributed by atoms with Crippen LogP contribution in [-0.2, 0) is 16.1 Å². The summed E-state index contributed by atoms with van der Waals surface area (Å²) in [5, 5.41) is 9.88. The summed E-state index contributed by atoms with van der Waals surface area (Å²) in [6, 6.07) is 15.1. The zero-order valence-corrected chi connectivity index (χ0v) is 19.8. The lowest BCUT2D eigenvalue weighted by Gasteiger charge is -2.37. The van der Waals surface area contributed by atoms with Crippen LogP contribution in [0.2, 0.25) is 0 Å². The summed E-state index contributed by atoms with van der Waals surface area (Å²) in [6.45, 7) is 4.27. The van der Waals surface area contributed by atoms with Crippen molar-refractivity contribution in [1.29, 1.82) is 5.26 Å². The van der Waals surface area contributed by atoms with E-state index in [-0.39, 0.29) is 29.3 Å². The minimum Gasteiger partial charge on any atom is -0.497 e. The van der Waals surface area contributed by atoms with E-state index in [0.29, 0.717) is 41.4 Å². The molecule has 0 bridgehead atoms. The van der Waals surface area contributed by atoms with Crippen LogP contribution in [0.5, 0.6) is 17.2 Å². The first kappa shape index (κ1) is 23.2. The van der Waals surface area contributed by atoms with Crippen molar-refractivity contribution in [2.75, 3.05) is 14.2 Å². The van der Waals surface area contributed by atoms with Crippen LogP contribution >= 0.6 is 0 Å². The number of allylic oxidation sites excluding steroid dienone is 3. The van der Waals surface area contributed by atoms with Crippen LogP contribution in [0.3, 0.4) is 0 Å². The largest absolute Gasteiger partial charge is 0.497 e. The number of nitriles is 1. The van der Waals surface area contributed by atoms with Crippen molar-refractivity contribution >= 4 is 5.78 Å². The number of nitrogens with two attached hydrogens (primary N) is 1. The zero-order chi connectivity index (χ0) is 24.5. The molecule has 1 heterocycles. The van der Waals surface area contributed by atoms with Gasteiger partial charge in [0.25, 0.3) is 0 Å². The summed E-state index contributed by atoms with van der Waals surface area (Å²) in [7, 11) is 3.19. The maximum Gasteiger partial charge on any atom is 0.205 e. The number of hydrogen-bond donors (Lipinski definition) is 1. The number of nitrogens with zero attached hydrogens (tertiary/aromatic N) is 1. The minimum atomic E-state index is -0.598. The van der Waals surface area contributed by atoms with E-state index in [2.05, 4.69) is 6.07 Å².